The van der Waals surface area contributed by atoms with Gasteiger partial charge in [-0.05, 0) is 25.0 Å². The van der Waals surface area contributed by atoms with Crippen LogP contribution in [0.5, 0.6) is 0 Å². The molecule has 0 fully saturated rings. The topological polar surface area (TPSA) is 111 Å². The summed E-state index contributed by atoms with van der Waals surface area (Å²) in [6.07, 6.45) is -0.643. The molecule has 1 heterocycles. The minimum Gasteiger partial charge on any atom is -0.460 e. The maximum atomic E-state index is 11.1. The van der Waals surface area contributed by atoms with Crippen LogP contribution in [0.4, 0.5) is 0 Å². The number of aliphatic hydroxyl groups is 1. The molecular formula is C8H13N3O4. The maximum absolute atomic E-state index is 11.1. The fraction of sp³-hybridized carbons (Fsp3) is 0.625. The van der Waals surface area contributed by atoms with E-state index in [2.05, 4.69) is 19.4 Å². The first kappa shape index (κ1) is 11.6. The summed E-state index contributed by atoms with van der Waals surface area (Å²) in [7, 11) is 0. The van der Waals surface area contributed by atoms with E-state index >= 15 is 0 Å². The van der Waals surface area contributed by atoms with Crippen LogP contribution in [0.3, 0.4) is 0 Å². The van der Waals surface area contributed by atoms with E-state index in [0.717, 1.165) is 0 Å². The van der Waals surface area contributed by atoms with E-state index in [1.165, 1.54) is 0 Å². The number of nitrogens with zero attached hydrogens (tertiary/aromatic N) is 2. The summed E-state index contributed by atoms with van der Waals surface area (Å²) >= 11 is 0. The van der Waals surface area contributed by atoms with Crippen molar-refractivity contribution in [1.82, 2.24) is 10.1 Å². The zero-order valence-corrected chi connectivity index (χ0v) is 8.34. The second-order valence-corrected chi connectivity index (χ2v) is 2.77. The minimum absolute atomic E-state index is 0.0245. The second kappa shape index (κ2) is 5.42. The summed E-state index contributed by atoms with van der Waals surface area (Å²) in [6.45, 7) is 2.19. The van der Waals surface area contributed by atoms with Gasteiger partial charge in [-0.15, -0.1) is 0 Å². The Hall–Kier alpha value is -1.47. The predicted octanol–water partition coefficient (Wildman–Crippen LogP) is -0.372. The molecule has 84 valence electrons. The van der Waals surface area contributed by atoms with E-state index in [1.54, 1.807) is 6.92 Å². The molecule has 0 unspecified atom stereocenters. The summed E-state index contributed by atoms with van der Waals surface area (Å²) < 4.78 is 9.33. The normalized spacial score (nSPS) is 12.5. The average Bonchev–Trinajstić information content (AvgIpc) is 2.67. The molecule has 0 spiro atoms. The monoisotopic (exact) mass is 215 g/mol. The molecule has 0 aromatic carbocycles. The van der Waals surface area contributed by atoms with Crippen molar-refractivity contribution >= 4 is 5.97 Å². The highest BCUT2D eigenvalue weighted by molar-refractivity contribution is 5.84. The van der Waals surface area contributed by atoms with E-state index in [-0.39, 0.29) is 24.9 Å². The van der Waals surface area contributed by atoms with Crippen molar-refractivity contribution in [3.05, 3.63) is 11.7 Å². The Kier molecular flexibility index (Phi) is 4.19. The van der Waals surface area contributed by atoms with Crippen LogP contribution in [0.2, 0.25) is 0 Å². The summed E-state index contributed by atoms with van der Waals surface area (Å²) in [5, 5.41) is 12.8. The molecule has 3 N–H and O–H groups in total. The molecule has 1 atom stereocenters. The summed E-state index contributed by atoms with van der Waals surface area (Å²) in [5.41, 5.74) is 5.24. The van der Waals surface area contributed by atoms with Gasteiger partial charge < -0.3 is 20.1 Å². The van der Waals surface area contributed by atoms with Crippen LogP contribution >= 0.6 is 0 Å². The van der Waals surface area contributed by atoms with Crippen molar-refractivity contribution < 1.29 is 19.2 Å². The van der Waals surface area contributed by atoms with E-state index in [1.807, 2.05) is 0 Å². The van der Waals surface area contributed by atoms with Crippen LogP contribution in [-0.2, 0) is 4.74 Å². The SMILES string of the molecule is CCOC(=O)c1noc([C@@H](O)CCN)n1. The van der Waals surface area contributed by atoms with Crippen molar-refractivity contribution in [2.24, 2.45) is 5.73 Å². The van der Waals surface area contributed by atoms with Crippen LogP contribution in [0.25, 0.3) is 0 Å². The van der Waals surface area contributed by atoms with Gasteiger partial charge in [-0.1, -0.05) is 0 Å². The molecule has 0 bridgehead atoms. The van der Waals surface area contributed by atoms with E-state index < -0.39 is 12.1 Å². The van der Waals surface area contributed by atoms with E-state index in [9.17, 15) is 9.90 Å². The predicted molar refractivity (Wildman–Crippen MR) is 48.9 cm³/mol. The Morgan fingerprint density at radius 3 is 3.07 bits per heavy atom. The first-order valence-electron chi connectivity index (χ1n) is 4.57. The van der Waals surface area contributed by atoms with Crippen LogP contribution in [-0.4, -0.2) is 34.4 Å². The fourth-order valence-corrected chi connectivity index (χ4v) is 0.930. The molecule has 0 amide bonds. The Balaban J connectivity index is 2.67. The largest absolute Gasteiger partial charge is 0.460 e. The third kappa shape index (κ3) is 3.00. The number of ether oxygens (including phenoxy) is 1. The molecule has 7 nitrogen and oxygen atoms in total. The number of carbonyl (C=O) groups is 1. The maximum Gasteiger partial charge on any atom is 0.379 e. The Bertz CT molecular complexity index is 325. The van der Waals surface area contributed by atoms with Crippen molar-refractivity contribution in [3.8, 4) is 0 Å². The Labute approximate surface area is 86.2 Å². The quantitative estimate of drug-likeness (QED) is 0.644. The number of aromatic nitrogens is 2. The molecule has 7 heteroatoms. The highest BCUT2D eigenvalue weighted by Gasteiger charge is 2.19. The molecule has 0 aliphatic rings. The van der Waals surface area contributed by atoms with Crippen molar-refractivity contribution in [1.29, 1.82) is 0 Å². The van der Waals surface area contributed by atoms with Gasteiger partial charge >= 0.3 is 5.97 Å². The second-order valence-electron chi connectivity index (χ2n) is 2.77. The lowest BCUT2D eigenvalue weighted by Crippen LogP contribution is -2.09. The number of hydrogen-bond acceptors (Lipinski definition) is 7. The molecular weight excluding hydrogens is 202 g/mol. The van der Waals surface area contributed by atoms with Crippen LogP contribution in [0.15, 0.2) is 4.52 Å². The van der Waals surface area contributed by atoms with Crippen molar-refractivity contribution in [2.45, 2.75) is 19.4 Å². The van der Waals surface area contributed by atoms with Gasteiger partial charge in [0.2, 0.25) is 0 Å². The Morgan fingerprint density at radius 1 is 1.73 bits per heavy atom. The first-order chi connectivity index (χ1) is 7.19. The third-order valence-electron chi connectivity index (χ3n) is 1.62. The molecule has 1 rings (SSSR count). The van der Waals surface area contributed by atoms with E-state index in [0.29, 0.717) is 6.42 Å². The highest BCUT2D eigenvalue weighted by Crippen LogP contribution is 2.13. The lowest BCUT2D eigenvalue weighted by Gasteiger charge is -2.00. The lowest BCUT2D eigenvalue weighted by atomic mass is 10.2. The molecule has 1 aromatic rings. The number of nitrogens with two attached hydrogens (primary N) is 1. The van der Waals surface area contributed by atoms with Crippen molar-refractivity contribution in [3.63, 3.8) is 0 Å². The van der Waals surface area contributed by atoms with Crippen molar-refractivity contribution in [2.75, 3.05) is 13.2 Å². The zero-order chi connectivity index (χ0) is 11.3. The number of carbonyl (C=O) groups excluding carboxylic acids is 1. The van der Waals surface area contributed by atoms with E-state index in [4.69, 9.17) is 5.73 Å². The number of aliphatic hydroxyl groups excluding tert-OH is 1. The molecule has 1 aromatic heterocycles. The van der Waals surface area contributed by atoms with Gasteiger partial charge in [-0.2, -0.15) is 4.98 Å². The first-order valence-corrected chi connectivity index (χ1v) is 4.57. The Morgan fingerprint density at radius 2 is 2.47 bits per heavy atom. The standard InChI is InChI=1S/C8H13N3O4/c1-2-14-8(13)6-10-7(15-11-6)5(12)3-4-9/h5,12H,2-4,9H2,1H3/t5-/m0/s1. The van der Waals surface area contributed by atoms with Gasteiger partial charge in [0.05, 0.1) is 6.61 Å². The molecule has 0 radical (unpaired) electrons. The van der Waals surface area contributed by atoms with Gasteiger partial charge in [0.25, 0.3) is 11.7 Å². The third-order valence-corrected chi connectivity index (χ3v) is 1.62. The lowest BCUT2D eigenvalue weighted by molar-refractivity contribution is 0.0508. The van der Waals surface area contributed by atoms with Crippen LogP contribution in [0.1, 0.15) is 36.0 Å². The molecule has 0 saturated heterocycles. The molecule has 15 heavy (non-hydrogen) atoms. The minimum atomic E-state index is -0.939. The van der Waals surface area contributed by atoms with Gasteiger partial charge in [-0.3, -0.25) is 0 Å². The van der Waals surface area contributed by atoms with Gasteiger partial charge in [0.1, 0.15) is 6.10 Å². The number of rotatable bonds is 5. The van der Waals surface area contributed by atoms with Crippen LogP contribution < -0.4 is 5.73 Å². The zero-order valence-electron chi connectivity index (χ0n) is 8.34. The van der Waals surface area contributed by atoms with Gasteiger partial charge in [0, 0.05) is 0 Å². The smallest absolute Gasteiger partial charge is 0.379 e. The fourth-order valence-electron chi connectivity index (χ4n) is 0.930. The molecule has 0 saturated carbocycles. The molecule has 0 aliphatic carbocycles. The van der Waals surface area contributed by atoms with Crippen LogP contribution in [0, 0.1) is 0 Å². The summed E-state index contributed by atoms with van der Waals surface area (Å²) in [6, 6.07) is 0. The number of esters is 1. The summed E-state index contributed by atoms with van der Waals surface area (Å²) in [5.74, 6) is -0.890. The summed E-state index contributed by atoms with van der Waals surface area (Å²) in [4.78, 5) is 14.8. The average molecular weight is 215 g/mol. The van der Waals surface area contributed by atoms with Gasteiger partial charge in [0.15, 0.2) is 0 Å². The number of hydrogen-bond donors (Lipinski definition) is 2. The molecule has 0 aliphatic heterocycles. The highest BCUT2D eigenvalue weighted by atomic mass is 16.5. The van der Waals surface area contributed by atoms with Gasteiger partial charge in [-0.25, -0.2) is 4.79 Å².